The minimum Gasteiger partial charge on any atom is -0.493 e. The Kier molecular flexibility index (Phi) is 9.78. The second-order valence-corrected chi connectivity index (χ2v) is 11.7. The number of fused-ring (bicyclic) bond motifs is 2. The van der Waals surface area contributed by atoms with E-state index < -0.39 is 17.9 Å². The Balaban J connectivity index is 1.29. The van der Waals surface area contributed by atoms with Gasteiger partial charge in [0.25, 0.3) is 0 Å². The molecule has 0 radical (unpaired) electrons. The monoisotopic (exact) mass is 623 g/mol. The lowest BCUT2D eigenvalue weighted by atomic mass is 9.87. The molecule has 0 fully saturated rings. The molecular formula is C41H37NO5. The van der Waals surface area contributed by atoms with Gasteiger partial charge in [-0.25, -0.2) is 4.79 Å². The van der Waals surface area contributed by atoms with Crippen LogP contribution in [0.2, 0.25) is 0 Å². The van der Waals surface area contributed by atoms with E-state index in [9.17, 15) is 14.7 Å². The van der Waals surface area contributed by atoms with E-state index in [2.05, 4.69) is 41.7 Å². The van der Waals surface area contributed by atoms with E-state index in [1.807, 2.05) is 84.9 Å². The number of hydrogen-bond acceptors (Lipinski definition) is 4. The highest BCUT2D eigenvalue weighted by molar-refractivity contribution is 5.90. The number of hydrogen-bond donors (Lipinski definition) is 2. The molecule has 0 aliphatic carbocycles. The van der Waals surface area contributed by atoms with Crippen LogP contribution in [-0.2, 0) is 35.5 Å². The fourth-order valence-corrected chi connectivity index (χ4v) is 6.22. The molecule has 236 valence electrons. The van der Waals surface area contributed by atoms with Gasteiger partial charge in [0.15, 0.2) is 11.5 Å². The fourth-order valence-electron chi connectivity index (χ4n) is 6.22. The molecular weight excluding hydrogens is 586 g/mol. The molecule has 6 heteroatoms. The standard InChI is InChI=1S/C41H37NO5/c1-46-38-23-11-20-33(39(38)47-27-28-12-3-2-4-13-28)26-37(41(44)45)42-40(43)34(24-31-18-9-16-29-14-5-7-21-35(29)31)25-32-19-10-17-30-15-6-8-22-36(30)32/h2-23,34,37H,24-27H2,1H3,(H,42,43)(H,44,45). The maximum absolute atomic E-state index is 14.2. The maximum atomic E-state index is 14.2. The number of aliphatic carboxylic acids is 1. The highest BCUT2D eigenvalue weighted by atomic mass is 16.5. The molecule has 2 N–H and O–H groups in total. The number of methoxy groups -OCH3 is 1. The summed E-state index contributed by atoms with van der Waals surface area (Å²) in [5, 5.41) is 17.6. The topological polar surface area (TPSA) is 84.9 Å². The van der Waals surface area contributed by atoms with Crippen molar-refractivity contribution in [2.75, 3.05) is 7.11 Å². The number of ether oxygens (including phenoxy) is 2. The van der Waals surface area contributed by atoms with Gasteiger partial charge in [-0.3, -0.25) is 4.79 Å². The summed E-state index contributed by atoms with van der Waals surface area (Å²) in [6, 6.07) is 42.4. The van der Waals surface area contributed by atoms with Crippen LogP contribution in [0.1, 0.15) is 22.3 Å². The molecule has 6 nitrogen and oxygen atoms in total. The molecule has 0 saturated carbocycles. The minimum absolute atomic E-state index is 0.0254. The maximum Gasteiger partial charge on any atom is 0.326 e. The Morgan fingerprint density at radius 2 is 1.17 bits per heavy atom. The van der Waals surface area contributed by atoms with Crippen LogP contribution in [-0.4, -0.2) is 30.1 Å². The average Bonchev–Trinajstić information content (AvgIpc) is 3.11. The van der Waals surface area contributed by atoms with Crippen LogP contribution < -0.4 is 14.8 Å². The second-order valence-electron chi connectivity index (χ2n) is 11.7. The average molecular weight is 624 g/mol. The Hall–Kier alpha value is -5.62. The molecule has 0 aliphatic heterocycles. The van der Waals surface area contributed by atoms with E-state index in [1.165, 1.54) is 0 Å². The summed E-state index contributed by atoms with van der Waals surface area (Å²) in [4.78, 5) is 26.9. The molecule has 6 aromatic rings. The van der Waals surface area contributed by atoms with Crippen LogP contribution >= 0.6 is 0 Å². The number of para-hydroxylation sites is 1. The highest BCUT2D eigenvalue weighted by Crippen LogP contribution is 2.33. The van der Waals surface area contributed by atoms with Crippen molar-refractivity contribution in [3.05, 3.63) is 156 Å². The Bertz CT molecular complexity index is 1910. The van der Waals surface area contributed by atoms with Gasteiger partial charge >= 0.3 is 5.97 Å². The zero-order valence-electron chi connectivity index (χ0n) is 26.3. The van der Waals surface area contributed by atoms with E-state index in [1.54, 1.807) is 19.2 Å². The number of carboxylic acid groups (broad SMARTS) is 1. The summed E-state index contributed by atoms with van der Waals surface area (Å²) < 4.78 is 11.8. The van der Waals surface area contributed by atoms with Crippen LogP contribution in [0.15, 0.2) is 133 Å². The summed E-state index contributed by atoms with van der Waals surface area (Å²) in [6.07, 6.45) is 0.929. The summed E-state index contributed by atoms with van der Waals surface area (Å²) in [7, 11) is 1.55. The normalized spacial score (nSPS) is 11.8. The zero-order valence-corrected chi connectivity index (χ0v) is 26.3. The number of amides is 1. The molecule has 0 aliphatic rings. The molecule has 1 amide bonds. The lowest BCUT2D eigenvalue weighted by Crippen LogP contribution is -2.46. The molecule has 0 spiro atoms. The van der Waals surface area contributed by atoms with Crippen molar-refractivity contribution in [2.45, 2.75) is 31.9 Å². The third-order valence-corrected chi connectivity index (χ3v) is 8.61. The van der Waals surface area contributed by atoms with Crippen molar-refractivity contribution in [1.29, 1.82) is 0 Å². The molecule has 6 rings (SSSR count). The Labute approximate surface area is 274 Å². The predicted molar refractivity (Wildman–Crippen MR) is 186 cm³/mol. The molecule has 6 aromatic carbocycles. The summed E-state index contributed by atoms with van der Waals surface area (Å²) in [6.45, 7) is 0.288. The van der Waals surface area contributed by atoms with Gasteiger partial charge in [-0.1, -0.05) is 127 Å². The molecule has 47 heavy (non-hydrogen) atoms. The number of carbonyl (C=O) groups is 2. The number of carbonyl (C=O) groups excluding carboxylic acids is 1. The molecule has 1 unspecified atom stereocenters. The first-order chi connectivity index (χ1) is 23.0. The van der Waals surface area contributed by atoms with Crippen LogP contribution in [0.25, 0.3) is 21.5 Å². The lowest BCUT2D eigenvalue weighted by Gasteiger charge is -2.23. The first-order valence-electron chi connectivity index (χ1n) is 15.8. The van der Waals surface area contributed by atoms with Crippen LogP contribution in [0, 0.1) is 5.92 Å². The summed E-state index contributed by atoms with van der Waals surface area (Å²) in [5.41, 5.74) is 3.68. The van der Waals surface area contributed by atoms with Gasteiger partial charge in [-0.15, -0.1) is 0 Å². The smallest absolute Gasteiger partial charge is 0.326 e. The van der Waals surface area contributed by atoms with Crippen LogP contribution in [0.3, 0.4) is 0 Å². The van der Waals surface area contributed by atoms with Gasteiger partial charge < -0.3 is 19.9 Å². The SMILES string of the molecule is COc1cccc(CC(NC(=O)C(Cc2cccc3ccccc23)Cc2cccc3ccccc23)C(=O)O)c1OCc1ccccc1. The third-order valence-electron chi connectivity index (χ3n) is 8.61. The van der Waals surface area contributed by atoms with E-state index >= 15 is 0 Å². The van der Waals surface area contributed by atoms with Gasteiger partial charge in [0.1, 0.15) is 12.6 Å². The van der Waals surface area contributed by atoms with Gasteiger partial charge in [0.05, 0.1) is 7.11 Å². The second kappa shape index (κ2) is 14.6. The molecule has 0 saturated heterocycles. The van der Waals surface area contributed by atoms with E-state index in [-0.39, 0.29) is 18.9 Å². The fraction of sp³-hybridized carbons (Fsp3) is 0.171. The van der Waals surface area contributed by atoms with Gasteiger partial charge in [0.2, 0.25) is 5.91 Å². The van der Waals surface area contributed by atoms with Crippen molar-refractivity contribution in [3.8, 4) is 11.5 Å². The van der Waals surface area contributed by atoms with E-state index in [0.717, 1.165) is 38.2 Å². The van der Waals surface area contributed by atoms with Gasteiger partial charge in [0, 0.05) is 17.9 Å². The third kappa shape index (κ3) is 7.45. The lowest BCUT2D eigenvalue weighted by molar-refractivity contribution is -0.142. The Morgan fingerprint density at radius 3 is 1.77 bits per heavy atom. The first kappa shape index (κ1) is 31.4. The molecule has 0 bridgehead atoms. The van der Waals surface area contributed by atoms with Gasteiger partial charge in [-0.05, 0) is 57.1 Å². The molecule has 0 heterocycles. The van der Waals surface area contributed by atoms with E-state index in [0.29, 0.717) is 29.9 Å². The van der Waals surface area contributed by atoms with Crippen molar-refractivity contribution >= 4 is 33.4 Å². The number of carboxylic acids is 1. The van der Waals surface area contributed by atoms with Crippen molar-refractivity contribution < 1.29 is 24.2 Å². The minimum atomic E-state index is -1.18. The predicted octanol–water partition coefficient (Wildman–Crippen LogP) is 7.79. The zero-order chi connectivity index (χ0) is 32.6. The summed E-state index contributed by atoms with van der Waals surface area (Å²) in [5.74, 6) is -0.995. The number of benzene rings is 6. The molecule has 0 aromatic heterocycles. The summed E-state index contributed by atoms with van der Waals surface area (Å²) >= 11 is 0. The van der Waals surface area contributed by atoms with E-state index in [4.69, 9.17) is 9.47 Å². The highest BCUT2D eigenvalue weighted by Gasteiger charge is 2.28. The van der Waals surface area contributed by atoms with Crippen LogP contribution in [0.5, 0.6) is 11.5 Å². The van der Waals surface area contributed by atoms with Crippen molar-refractivity contribution in [1.82, 2.24) is 5.32 Å². The van der Waals surface area contributed by atoms with Crippen LogP contribution in [0.4, 0.5) is 0 Å². The van der Waals surface area contributed by atoms with Crippen molar-refractivity contribution in [3.63, 3.8) is 0 Å². The first-order valence-corrected chi connectivity index (χ1v) is 15.8. The quantitative estimate of drug-likeness (QED) is 0.137. The van der Waals surface area contributed by atoms with Gasteiger partial charge in [-0.2, -0.15) is 0 Å². The Morgan fingerprint density at radius 1 is 0.638 bits per heavy atom. The number of nitrogens with one attached hydrogen (secondary N) is 1. The largest absolute Gasteiger partial charge is 0.493 e. The molecule has 1 atom stereocenters. The number of rotatable bonds is 13. The van der Waals surface area contributed by atoms with Crippen molar-refractivity contribution in [2.24, 2.45) is 5.92 Å².